The van der Waals surface area contributed by atoms with Crippen LogP contribution in [0.5, 0.6) is 0 Å². The van der Waals surface area contributed by atoms with Crippen molar-refractivity contribution in [1.82, 2.24) is 9.80 Å². The van der Waals surface area contributed by atoms with Gasteiger partial charge in [0, 0.05) is 39.0 Å². The zero-order valence-electron chi connectivity index (χ0n) is 25.5. The number of nitrogens with zero attached hydrogens (tertiary/aromatic N) is 3. The van der Waals surface area contributed by atoms with Crippen LogP contribution in [0.25, 0.3) is 10.8 Å². The number of aliphatic hydroxyl groups is 1. The van der Waals surface area contributed by atoms with E-state index in [0.29, 0.717) is 45.2 Å². The SMILES string of the molecule is C=CCN(C)C(=O)[C@H]1[C@H]2C(=O)N(CCCCCCO)C(C(=O)N(CC=C)c3ccc4ccccc4c3)C23CC[C@]1(CC)O3. The molecule has 8 heteroatoms. The topological polar surface area (TPSA) is 90.4 Å². The van der Waals surface area contributed by atoms with Gasteiger partial charge in [-0.2, -0.15) is 0 Å². The number of carbonyl (C=O) groups excluding carboxylic acids is 3. The van der Waals surface area contributed by atoms with Crippen LogP contribution in [0, 0.1) is 11.8 Å². The Morgan fingerprint density at radius 3 is 2.44 bits per heavy atom. The van der Waals surface area contributed by atoms with E-state index in [4.69, 9.17) is 4.74 Å². The Morgan fingerprint density at radius 2 is 1.74 bits per heavy atom. The minimum absolute atomic E-state index is 0.129. The molecule has 1 spiro atoms. The first-order valence-corrected chi connectivity index (χ1v) is 15.7. The average molecular weight is 588 g/mol. The van der Waals surface area contributed by atoms with Crippen LogP contribution in [0.4, 0.5) is 5.69 Å². The number of likely N-dealkylation sites (N-methyl/N-ethyl adjacent to an activating group) is 1. The van der Waals surface area contributed by atoms with Gasteiger partial charge >= 0.3 is 0 Å². The van der Waals surface area contributed by atoms with Gasteiger partial charge in [-0.15, -0.1) is 13.2 Å². The number of fused-ring (bicyclic) bond motifs is 2. The van der Waals surface area contributed by atoms with Crippen molar-refractivity contribution in [3.8, 4) is 0 Å². The van der Waals surface area contributed by atoms with E-state index in [1.54, 1.807) is 33.9 Å². The number of benzene rings is 2. The van der Waals surface area contributed by atoms with Gasteiger partial charge in [0.2, 0.25) is 11.8 Å². The predicted molar refractivity (Wildman–Crippen MR) is 168 cm³/mol. The Hall–Kier alpha value is -3.49. The molecule has 3 heterocycles. The van der Waals surface area contributed by atoms with Crippen molar-refractivity contribution >= 4 is 34.2 Å². The van der Waals surface area contributed by atoms with Crippen LogP contribution >= 0.6 is 0 Å². The molecule has 3 fully saturated rings. The van der Waals surface area contributed by atoms with Gasteiger partial charge in [-0.25, -0.2) is 0 Å². The van der Waals surface area contributed by atoms with E-state index < -0.39 is 29.1 Å². The Bertz CT molecular complexity index is 1390. The number of carbonyl (C=O) groups is 3. The van der Waals surface area contributed by atoms with Gasteiger partial charge in [0.15, 0.2) is 0 Å². The highest BCUT2D eigenvalue weighted by Crippen LogP contribution is 2.64. The molecule has 0 aromatic heterocycles. The van der Waals surface area contributed by atoms with Gasteiger partial charge < -0.3 is 24.5 Å². The van der Waals surface area contributed by atoms with Crippen molar-refractivity contribution in [2.24, 2.45) is 11.8 Å². The van der Waals surface area contributed by atoms with Gasteiger partial charge in [0.05, 0.1) is 17.4 Å². The van der Waals surface area contributed by atoms with E-state index in [9.17, 15) is 19.5 Å². The number of amides is 3. The molecule has 43 heavy (non-hydrogen) atoms. The normalized spacial score (nSPS) is 27.4. The molecule has 0 radical (unpaired) electrons. The van der Waals surface area contributed by atoms with E-state index >= 15 is 0 Å². The molecule has 230 valence electrons. The summed E-state index contributed by atoms with van der Waals surface area (Å²) < 4.78 is 6.95. The van der Waals surface area contributed by atoms with Crippen molar-refractivity contribution in [3.63, 3.8) is 0 Å². The van der Waals surface area contributed by atoms with Gasteiger partial charge in [-0.3, -0.25) is 14.4 Å². The molecule has 5 rings (SSSR count). The Balaban J connectivity index is 1.57. The van der Waals surface area contributed by atoms with Crippen LogP contribution in [0.3, 0.4) is 0 Å². The largest absolute Gasteiger partial charge is 0.396 e. The van der Waals surface area contributed by atoms with Crippen LogP contribution < -0.4 is 4.90 Å². The van der Waals surface area contributed by atoms with Crippen molar-refractivity contribution in [2.75, 3.05) is 38.2 Å². The third-order valence-electron chi connectivity index (χ3n) is 9.89. The molecule has 3 aliphatic rings. The van der Waals surface area contributed by atoms with Gasteiger partial charge in [0.1, 0.15) is 11.6 Å². The van der Waals surface area contributed by atoms with Crippen molar-refractivity contribution in [3.05, 3.63) is 67.8 Å². The number of aliphatic hydroxyl groups excluding tert-OH is 1. The van der Waals surface area contributed by atoms with Crippen molar-refractivity contribution in [2.45, 2.75) is 69.1 Å². The smallest absolute Gasteiger partial charge is 0.253 e. The van der Waals surface area contributed by atoms with Crippen LogP contribution in [-0.2, 0) is 19.1 Å². The molecule has 0 aliphatic carbocycles. The zero-order chi connectivity index (χ0) is 30.8. The molecule has 2 bridgehead atoms. The number of hydrogen-bond acceptors (Lipinski definition) is 5. The number of unbranched alkanes of at least 4 members (excludes halogenated alkanes) is 3. The summed E-state index contributed by atoms with van der Waals surface area (Å²) in [4.78, 5) is 48.3. The second kappa shape index (κ2) is 12.6. The highest BCUT2D eigenvalue weighted by Gasteiger charge is 2.78. The summed E-state index contributed by atoms with van der Waals surface area (Å²) in [5, 5.41) is 11.3. The predicted octanol–water partition coefficient (Wildman–Crippen LogP) is 4.71. The Kier molecular flexibility index (Phi) is 9.09. The summed E-state index contributed by atoms with van der Waals surface area (Å²) in [7, 11) is 1.73. The van der Waals surface area contributed by atoms with Crippen LogP contribution in [0.1, 0.15) is 51.9 Å². The number of anilines is 1. The number of likely N-dealkylation sites (tertiary alicyclic amines) is 1. The Labute approximate surface area is 255 Å². The van der Waals surface area contributed by atoms with E-state index in [-0.39, 0.29) is 30.9 Å². The fourth-order valence-corrected chi connectivity index (χ4v) is 7.83. The second-order valence-corrected chi connectivity index (χ2v) is 12.3. The fourth-order valence-electron chi connectivity index (χ4n) is 7.83. The lowest BCUT2D eigenvalue weighted by atomic mass is 9.64. The maximum atomic E-state index is 14.9. The first-order valence-electron chi connectivity index (χ1n) is 15.7. The molecule has 3 amide bonds. The minimum Gasteiger partial charge on any atom is -0.396 e. The summed E-state index contributed by atoms with van der Waals surface area (Å²) in [5.74, 6) is -1.89. The zero-order valence-corrected chi connectivity index (χ0v) is 25.5. The number of hydrogen-bond donors (Lipinski definition) is 1. The maximum Gasteiger partial charge on any atom is 0.253 e. The summed E-state index contributed by atoms with van der Waals surface area (Å²) in [6.07, 6.45) is 8.20. The van der Waals surface area contributed by atoms with Crippen molar-refractivity contribution in [1.29, 1.82) is 0 Å². The summed E-state index contributed by atoms with van der Waals surface area (Å²) >= 11 is 0. The molecule has 2 aromatic rings. The minimum atomic E-state index is -1.08. The second-order valence-electron chi connectivity index (χ2n) is 12.3. The van der Waals surface area contributed by atoms with E-state index in [1.165, 1.54) is 0 Å². The highest BCUT2D eigenvalue weighted by molar-refractivity contribution is 6.06. The van der Waals surface area contributed by atoms with Gasteiger partial charge in [0.25, 0.3) is 5.91 Å². The van der Waals surface area contributed by atoms with Crippen LogP contribution in [0.15, 0.2) is 67.8 Å². The lowest BCUT2D eigenvalue weighted by Crippen LogP contribution is -2.56. The molecule has 1 N–H and O–H groups in total. The monoisotopic (exact) mass is 587 g/mol. The fraction of sp³-hybridized carbons (Fsp3) is 0.514. The van der Waals surface area contributed by atoms with Gasteiger partial charge in [-0.05, 0) is 55.0 Å². The summed E-state index contributed by atoms with van der Waals surface area (Å²) in [6, 6.07) is 13.1. The number of ether oxygens (including phenoxy) is 1. The third-order valence-corrected chi connectivity index (χ3v) is 9.89. The standard InChI is InChI=1S/C35H45N3O5/c1-5-20-36(4)31(40)28-29-32(41)38(22-12-8-9-13-23-39)30(35(29)19-18-34(28,7-3)43-35)33(42)37(21-6-2)27-17-16-25-14-10-11-15-26(25)24-27/h5-6,10-11,14-17,24,28-30,39H,1-2,7-9,12-13,18-23H2,3-4H3/t28-,29+,30?,34+,35?/m1/s1. The highest BCUT2D eigenvalue weighted by atomic mass is 16.5. The van der Waals surface area contributed by atoms with Gasteiger partial charge in [-0.1, -0.05) is 62.2 Å². The van der Waals surface area contributed by atoms with Crippen molar-refractivity contribution < 1.29 is 24.2 Å². The lowest BCUT2D eigenvalue weighted by molar-refractivity contribution is -0.150. The lowest BCUT2D eigenvalue weighted by Gasteiger charge is -2.37. The average Bonchev–Trinajstić information content (AvgIpc) is 3.62. The third kappa shape index (κ3) is 5.18. The first kappa shape index (κ1) is 31.0. The molecule has 0 saturated carbocycles. The summed E-state index contributed by atoms with van der Waals surface area (Å²) in [5.41, 5.74) is -1.14. The first-order chi connectivity index (χ1) is 20.8. The molecule has 5 atom stereocenters. The Morgan fingerprint density at radius 1 is 1.02 bits per heavy atom. The van der Waals surface area contributed by atoms with E-state index in [1.807, 2.05) is 49.4 Å². The van der Waals surface area contributed by atoms with Crippen LogP contribution in [-0.4, -0.2) is 83.2 Å². The molecule has 3 saturated heterocycles. The van der Waals surface area contributed by atoms with Crippen LogP contribution in [0.2, 0.25) is 0 Å². The quantitative estimate of drug-likeness (QED) is 0.255. The maximum absolute atomic E-state index is 14.9. The molecule has 2 unspecified atom stereocenters. The van der Waals surface area contributed by atoms with E-state index in [2.05, 4.69) is 13.2 Å². The molecule has 3 aliphatic heterocycles. The molecular weight excluding hydrogens is 542 g/mol. The summed E-state index contributed by atoms with van der Waals surface area (Å²) in [6.45, 7) is 10.9. The molecule has 2 aromatic carbocycles. The molecule has 8 nitrogen and oxygen atoms in total. The molecular formula is C35H45N3O5. The van der Waals surface area contributed by atoms with E-state index in [0.717, 1.165) is 29.3 Å². The number of rotatable bonds is 14.